The van der Waals surface area contributed by atoms with E-state index in [0.29, 0.717) is 23.3 Å². The maximum Gasteiger partial charge on any atom is 0.344 e. The number of benzene rings is 3. The van der Waals surface area contributed by atoms with Gasteiger partial charge in [-0.3, -0.25) is 0 Å². The van der Waals surface area contributed by atoms with Crippen molar-refractivity contribution in [3.8, 4) is 11.5 Å². The molecule has 0 aliphatic rings. The van der Waals surface area contributed by atoms with Crippen LogP contribution in [0, 0.1) is 6.92 Å². The van der Waals surface area contributed by atoms with Crippen LogP contribution >= 0.6 is 0 Å². The summed E-state index contributed by atoms with van der Waals surface area (Å²) in [6.45, 7) is 2.47. The minimum absolute atomic E-state index is 0.0630. The van der Waals surface area contributed by atoms with Crippen LogP contribution in [0.1, 0.15) is 11.1 Å². The van der Waals surface area contributed by atoms with Gasteiger partial charge in [0.05, 0.1) is 5.39 Å². The predicted molar refractivity (Wildman–Crippen MR) is 97.2 cm³/mol. The molecule has 1 N–H and O–H groups in total. The second-order valence-corrected chi connectivity index (χ2v) is 6.05. The lowest BCUT2D eigenvalue weighted by Gasteiger charge is -2.08. The molecule has 0 aliphatic heterocycles. The summed E-state index contributed by atoms with van der Waals surface area (Å²) in [7, 11) is 0. The molecule has 4 rings (SSSR count). The molecule has 0 bridgehead atoms. The molecule has 0 saturated carbocycles. The molecule has 0 aliphatic carbocycles. The number of ether oxygens (including phenoxy) is 1. The SMILES string of the molecule is Cc1ccc(COc2ccc3c(c2)c(=O)oc2cc(O)ccc23)cc1. The first-order valence-electron chi connectivity index (χ1n) is 7.98. The quantitative estimate of drug-likeness (QED) is 0.442. The van der Waals surface area contributed by atoms with Crippen molar-refractivity contribution in [2.24, 2.45) is 0 Å². The highest BCUT2D eigenvalue weighted by Gasteiger charge is 2.09. The van der Waals surface area contributed by atoms with Crippen molar-refractivity contribution in [2.45, 2.75) is 13.5 Å². The Hall–Kier alpha value is -3.27. The molecule has 4 nitrogen and oxygen atoms in total. The highest BCUT2D eigenvalue weighted by atomic mass is 16.5. The van der Waals surface area contributed by atoms with E-state index in [1.807, 2.05) is 43.3 Å². The molecule has 1 heterocycles. The van der Waals surface area contributed by atoms with Crippen molar-refractivity contribution in [1.82, 2.24) is 0 Å². The zero-order chi connectivity index (χ0) is 17.4. The number of phenolic OH excluding ortho intramolecular Hbond substituents is 1. The van der Waals surface area contributed by atoms with Gasteiger partial charge in [0.15, 0.2) is 0 Å². The lowest BCUT2D eigenvalue weighted by molar-refractivity contribution is 0.306. The Labute approximate surface area is 143 Å². The van der Waals surface area contributed by atoms with Crippen LogP contribution in [0.5, 0.6) is 11.5 Å². The fourth-order valence-electron chi connectivity index (χ4n) is 2.84. The fourth-order valence-corrected chi connectivity index (χ4v) is 2.84. The van der Waals surface area contributed by atoms with Crippen molar-refractivity contribution >= 4 is 21.7 Å². The summed E-state index contributed by atoms with van der Waals surface area (Å²) in [5.41, 5.74) is 2.18. The van der Waals surface area contributed by atoms with E-state index in [0.717, 1.165) is 16.3 Å². The molecule has 124 valence electrons. The maximum absolute atomic E-state index is 12.3. The van der Waals surface area contributed by atoms with Gasteiger partial charge in [0.1, 0.15) is 23.7 Å². The van der Waals surface area contributed by atoms with E-state index in [4.69, 9.17) is 9.15 Å². The molecular weight excluding hydrogens is 316 g/mol. The van der Waals surface area contributed by atoms with Crippen molar-refractivity contribution in [3.05, 3.63) is 82.2 Å². The number of hydrogen-bond donors (Lipinski definition) is 1. The molecule has 0 spiro atoms. The van der Waals surface area contributed by atoms with Gasteiger partial charge < -0.3 is 14.3 Å². The summed E-state index contributed by atoms with van der Waals surface area (Å²) in [5.74, 6) is 0.673. The smallest absolute Gasteiger partial charge is 0.344 e. The van der Waals surface area contributed by atoms with Crippen molar-refractivity contribution < 1.29 is 14.3 Å². The Bertz CT molecular complexity index is 1120. The first-order chi connectivity index (χ1) is 12.1. The molecular formula is C21H16O4. The number of hydrogen-bond acceptors (Lipinski definition) is 4. The predicted octanol–water partition coefficient (Wildman–Crippen LogP) is 4.54. The molecule has 3 aromatic carbocycles. The van der Waals surface area contributed by atoms with E-state index in [-0.39, 0.29) is 5.75 Å². The summed E-state index contributed by atoms with van der Waals surface area (Å²) < 4.78 is 11.1. The second-order valence-electron chi connectivity index (χ2n) is 6.05. The van der Waals surface area contributed by atoms with E-state index in [1.165, 1.54) is 11.6 Å². The zero-order valence-corrected chi connectivity index (χ0v) is 13.7. The molecule has 0 radical (unpaired) electrons. The minimum atomic E-state index is -0.450. The van der Waals surface area contributed by atoms with Crippen LogP contribution in [-0.2, 0) is 6.61 Å². The lowest BCUT2D eigenvalue weighted by Crippen LogP contribution is -2.01. The van der Waals surface area contributed by atoms with Gasteiger partial charge in [-0.2, -0.15) is 0 Å². The van der Waals surface area contributed by atoms with Crippen molar-refractivity contribution in [2.75, 3.05) is 0 Å². The summed E-state index contributed by atoms with van der Waals surface area (Å²) in [5, 5.41) is 11.6. The number of phenols is 1. The zero-order valence-electron chi connectivity index (χ0n) is 13.7. The third-order valence-corrected chi connectivity index (χ3v) is 4.20. The molecule has 4 aromatic rings. The van der Waals surface area contributed by atoms with Crippen LogP contribution in [0.3, 0.4) is 0 Å². The Balaban J connectivity index is 1.71. The number of aromatic hydroxyl groups is 1. The average molecular weight is 332 g/mol. The molecule has 1 aromatic heterocycles. The van der Waals surface area contributed by atoms with Crippen LogP contribution in [0.15, 0.2) is 69.9 Å². The van der Waals surface area contributed by atoms with Crippen LogP contribution in [0.2, 0.25) is 0 Å². The van der Waals surface area contributed by atoms with E-state index in [2.05, 4.69) is 0 Å². The molecule has 0 unspecified atom stereocenters. The van der Waals surface area contributed by atoms with Crippen molar-refractivity contribution in [1.29, 1.82) is 0 Å². The molecule has 0 fully saturated rings. The maximum atomic E-state index is 12.3. The fraction of sp³-hybridized carbons (Fsp3) is 0.0952. The van der Waals surface area contributed by atoms with E-state index < -0.39 is 5.63 Å². The van der Waals surface area contributed by atoms with Crippen LogP contribution < -0.4 is 10.4 Å². The lowest BCUT2D eigenvalue weighted by atomic mass is 10.1. The largest absolute Gasteiger partial charge is 0.508 e. The van der Waals surface area contributed by atoms with Gasteiger partial charge in [0.25, 0.3) is 0 Å². The Morgan fingerprint density at radius 3 is 2.48 bits per heavy atom. The van der Waals surface area contributed by atoms with Crippen LogP contribution in [0.25, 0.3) is 21.7 Å². The monoisotopic (exact) mass is 332 g/mol. The van der Waals surface area contributed by atoms with E-state index in [9.17, 15) is 9.90 Å². The number of rotatable bonds is 3. The number of aryl methyl sites for hydroxylation is 1. The summed E-state index contributed by atoms with van der Waals surface area (Å²) >= 11 is 0. The van der Waals surface area contributed by atoms with E-state index >= 15 is 0 Å². The normalized spacial score (nSPS) is 11.1. The molecule has 4 heteroatoms. The summed E-state index contributed by atoms with van der Waals surface area (Å²) in [6, 6.07) is 18.2. The topological polar surface area (TPSA) is 59.7 Å². The molecule has 0 amide bonds. The Morgan fingerprint density at radius 1 is 0.920 bits per heavy atom. The van der Waals surface area contributed by atoms with Crippen molar-refractivity contribution in [3.63, 3.8) is 0 Å². The van der Waals surface area contributed by atoms with Gasteiger partial charge in [-0.15, -0.1) is 0 Å². The van der Waals surface area contributed by atoms with Gasteiger partial charge in [-0.25, -0.2) is 4.79 Å². The Morgan fingerprint density at radius 2 is 1.68 bits per heavy atom. The van der Waals surface area contributed by atoms with E-state index in [1.54, 1.807) is 18.2 Å². The Kier molecular flexibility index (Phi) is 3.65. The average Bonchev–Trinajstić information content (AvgIpc) is 2.61. The standard InChI is InChI=1S/C21H16O4/c1-13-2-4-14(5-3-13)12-24-16-7-9-17-18-8-6-15(22)10-20(18)25-21(23)19(17)11-16/h2-11,22H,12H2,1H3. The molecule has 25 heavy (non-hydrogen) atoms. The van der Waals surface area contributed by atoms with Crippen LogP contribution in [0.4, 0.5) is 0 Å². The first kappa shape index (κ1) is 15.3. The van der Waals surface area contributed by atoms with Gasteiger partial charge in [0.2, 0.25) is 0 Å². The summed E-state index contributed by atoms with van der Waals surface area (Å²) in [4.78, 5) is 12.3. The third-order valence-electron chi connectivity index (χ3n) is 4.20. The first-order valence-corrected chi connectivity index (χ1v) is 7.98. The van der Waals surface area contributed by atoms with Gasteiger partial charge >= 0.3 is 5.63 Å². The second kappa shape index (κ2) is 5.98. The van der Waals surface area contributed by atoms with Gasteiger partial charge in [-0.1, -0.05) is 29.8 Å². The third kappa shape index (κ3) is 2.94. The minimum Gasteiger partial charge on any atom is -0.508 e. The molecule has 0 atom stereocenters. The molecule has 0 saturated heterocycles. The highest BCUT2D eigenvalue weighted by Crippen LogP contribution is 2.28. The van der Waals surface area contributed by atoms with Gasteiger partial charge in [-0.05, 0) is 42.8 Å². The van der Waals surface area contributed by atoms with Crippen LogP contribution in [-0.4, -0.2) is 5.11 Å². The highest BCUT2D eigenvalue weighted by molar-refractivity contribution is 6.04. The van der Waals surface area contributed by atoms with Gasteiger partial charge in [0, 0.05) is 16.8 Å². The number of fused-ring (bicyclic) bond motifs is 3. The summed E-state index contributed by atoms with van der Waals surface area (Å²) in [6.07, 6.45) is 0.